The molecule has 0 aliphatic heterocycles. The van der Waals surface area contributed by atoms with E-state index in [4.69, 9.17) is 0 Å². The fraction of sp³-hybridized carbons (Fsp3) is 0.545. The summed E-state index contributed by atoms with van der Waals surface area (Å²) >= 11 is 0. The zero-order chi connectivity index (χ0) is 11.3. The van der Waals surface area contributed by atoms with E-state index in [9.17, 15) is 4.79 Å². The maximum Gasteiger partial charge on any atom is 0.252 e. The fourth-order valence-corrected chi connectivity index (χ4v) is 0.879. The number of hydrogen-bond donors (Lipinski definition) is 1. The van der Waals surface area contributed by atoms with Crippen molar-refractivity contribution in [3.8, 4) is 0 Å². The highest BCUT2D eigenvalue weighted by Crippen LogP contribution is 2.03. The summed E-state index contributed by atoms with van der Waals surface area (Å²) in [6, 6.07) is 0. The van der Waals surface area contributed by atoms with E-state index in [0.29, 0.717) is 0 Å². The van der Waals surface area contributed by atoms with Crippen molar-refractivity contribution in [1.29, 1.82) is 0 Å². The molecule has 0 radical (unpaired) electrons. The lowest BCUT2D eigenvalue weighted by Crippen LogP contribution is -2.31. The fourth-order valence-electron chi connectivity index (χ4n) is 0.879. The standard InChI is InChI=1S/C11H20N2O/c1-7-10(13(5)6)12-11(14)9(4)8(2)3/h7H,1-6H3,(H,12,14)/b10-7-. The second kappa shape index (κ2) is 5.47. The Morgan fingerprint density at radius 3 is 2.00 bits per heavy atom. The molecular weight excluding hydrogens is 176 g/mol. The molecule has 0 unspecified atom stereocenters. The Bertz CT molecular complexity index is 271. The van der Waals surface area contributed by atoms with Gasteiger partial charge >= 0.3 is 0 Å². The van der Waals surface area contributed by atoms with Crippen molar-refractivity contribution >= 4 is 5.91 Å². The Balaban J connectivity index is 4.56. The van der Waals surface area contributed by atoms with E-state index >= 15 is 0 Å². The summed E-state index contributed by atoms with van der Waals surface area (Å²) in [7, 11) is 3.79. The molecule has 0 aliphatic carbocycles. The van der Waals surface area contributed by atoms with Crippen LogP contribution < -0.4 is 5.32 Å². The van der Waals surface area contributed by atoms with E-state index in [2.05, 4.69) is 5.32 Å². The van der Waals surface area contributed by atoms with Crippen molar-refractivity contribution in [3.63, 3.8) is 0 Å². The summed E-state index contributed by atoms with van der Waals surface area (Å²) in [6.07, 6.45) is 1.87. The molecule has 1 N–H and O–H groups in total. The number of hydrogen-bond acceptors (Lipinski definition) is 2. The molecule has 0 fully saturated rings. The molecule has 80 valence electrons. The minimum Gasteiger partial charge on any atom is -0.364 e. The van der Waals surface area contributed by atoms with Gasteiger partial charge in [0.05, 0.1) is 0 Å². The van der Waals surface area contributed by atoms with Crippen LogP contribution in [0.4, 0.5) is 0 Å². The van der Waals surface area contributed by atoms with Gasteiger partial charge in [0.1, 0.15) is 5.82 Å². The van der Waals surface area contributed by atoms with Crippen molar-refractivity contribution in [2.24, 2.45) is 0 Å². The molecule has 0 spiro atoms. The normalized spacial score (nSPS) is 10.9. The predicted octanol–water partition coefficient (Wildman–Crippen LogP) is 1.88. The second-order valence-corrected chi connectivity index (χ2v) is 3.65. The van der Waals surface area contributed by atoms with Crippen molar-refractivity contribution < 1.29 is 4.79 Å². The summed E-state index contributed by atoms with van der Waals surface area (Å²) in [4.78, 5) is 13.5. The summed E-state index contributed by atoms with van der Waals surface area (Å²) in [5.41, 5.74) is 1.81. The van der Waals surface area contributed by atoms with Crippen LogP contribution in [-0.4, -0.2) is 24.9 Å². The van der Waals surface area contributed by atoms with E-state index < -0.39 is 0 Å². The average Bonchev–Trinajstić information content (AvgIpc) is 2.11. The quantitative estimate of drug-likeness (QED) is 0.699. The predicted molar refractivity (Wildman–Crippen MR) is 59.6 cm³/mol. The Kier molecular flexibility index (Phi) is 4.99. The zero-order valence-corrected chi connectivity index (χ0v) is 9.93. The Hall–Kier alpha value is -1.25. The number of nitrogens with zero attached hydrogens (tertiary/aromatic N) is 1. The third kappa shape index (κ3) is 3.64. The van der Waals surface area contributed by atoms with Crippen LogP contribution in [0.15, 0.2) is 23.0 Å². The van der Waals surface area contributed by atoms with E-state index in [1.165, 1.54) is 0 Å². The van der Waals surface area contributed by atoms with Gasteiger partial charge in [0.2, 0.25) is 0 Å². The van der Waals surface area contributed by atoms with Gasteiger partial charge in [-0.25, -0.2) is 0 Å². The summed E-state index contributed by atoms with van der Waals surface area (Å²) in [5, 5.41) is 2.84. The van der Waals surface area contributed by atoms with Crippen LogP contribution >= 0.6 is 0 Å². The second-order valence-electron chi connectivity index (χ2n) is 3.65. The molecule has 0 saturated heterocycles. The maximum atomic E-state index is 11.6. The van der Waals surface area contributed by atoms with Crippen LogP contribution in [0.3, 0.4) is 0 Å². The first-order chi connectivity index (χ1) is 6.40. The van der Waals surface area contributed by atoms with Gasteiger partial charge in [-0.2, -0.15) is 0 Å². The first-order valence-electron chi connectivity index (χ1n) is 4.69. The van der Waals surface area contributed by atoms with Gasteiger partial charge < -0.3 is 10.2 Å². The van der Waals surface area contributed by atoms with Gasteiger partial charge in [0, 0.05) is 19.7 Å². The van der Waals surface area contributed by atoms with Crippen LogP contribution in [0.5, 0.6) is 0 Å². The zero-order valence-electron chi connectivity index (χ0n) is 9.93. The molecule has 0 bridgehead atoms. The Labute approximate surface area is 86.5 Å². The van der Waals surface area contributed by atoms with Gasteiger partial charge in [0.25, 0.3) is 5.91 Å². The topological polar surface area (TPSA) is 32.3 Å². The van der Waals surface area contributed by atoms with Gasteiger partial charge in [-0.1, -0.05) is 5.57 Å². The third-order valence-corrected chi connectivity index (χ3v) is 2.09. The smallest absolute Gasteiger partial charge is 0.252 e. The lowest BCUT2D eigenvalue weighted by Gasteiger charge is -2.18. The van der Waals surface area contributed by atoms with Gasteiger partial charge in [0.15, 0.2) is 0 Å². The molecule has 0 heterocycles. The maximum absolute atomic E-state index is 11.6. The van der Waals surface area contributed by atoms with E-state index in [1.807, 2.05) is 52.8 Å². The molecule has 14 heavy (non-hydrogen) atoms. The first-order valence-corrected chi connectivity index (χ1v) is 4.69. The average molecular weight is 196 g/mol. The minimum atomic E-state index is -0.0354. The molecule has 0 saturated carbocycles. The number of carbonyl (C=O) groups excluding carboxylic acids is 1. The largest absolute Gasteiger partial charge is 0.364 e. The van der Waals surface area contributed by atoms with E-state index in [-0.39, 0.29) is 5.91 Å². The molecule has 1 amide bonds. The highest BCUT2D eigenvalue weighted by atomic mass is 16.1. The molecular formula is C11H20N2O. The highest BCUT2D eigenvalue weighted by molar-refractivity contribution is 5.94. The number of carbonyl (C=O) groups is 1. The molecule has 0 aromatic heterocycles. The Morgan fingerprint density at radius 1 is 1.21 bits per heavy atom. The molecule has 0 atom stereocenters. The molecule has 3 heteroatoms. The number of amides is 1. The molecule has 0 aromatic rings. The summed E-state index contributed by atoms with van der Waals surface area (Å²) < 4.78 is 0. The van der Waals surface area contributed by atoms with Crippen LogP contribution in [-0.2, 0) is 4.79 Å². The van der Waals surface area contributed by atoms with Crippen molar-refractivity contribution in [2.45, 2.75) is 27.7 Å². The van der Waals surface area contributed by atoms with E-state index in [1.54, 1.807) is 0 Å². The number of allylic oxidation sites excluding steroid dienone is 2. The van der Waals surface area contributed by atoms with Crippen molar-refractivity contribution in [3.05, 3.63) is 23.0 Å². The molecule has 0 aliphatic rings. The monoisotopic (exact) mass is 196 g/mol. The number of nitrogens with one attached hydrogen (secondary N) is 1. The SMILES string of the molecule is C/C=C(/NC(=O)C(C)=C(C)C)N(C)C. The molecule has 0 rings (SSSR count). The first kappa shape index (κ1) is 12.8. The van der Waals surface area contributed by atoms with Crippen molar-refractivity contribution in [1.82, 2.24) is 10.2 Å². The lowest BCUT2D eigenvalue weighted by molar-refractivity contribution is -0.117. The summed E-state index contributed by atoms with van der Waals surface area (Å²) in [5.74, 6) is 0.780. The summed E-state index contributed by atoms with van der Waals surface area (Å²) in [6.45, 7) is 7.58. The lowest BCUT2D eigenvalue weighted by atomic mass is 10.1. The van der Waals surface area contributed by atoms with Gasteiger partial charge in [-0.3, -0.25) is 4.79 Å². The van der Waals surface area contributed by atoms with Crippen molar-refractivity contribution in [2.75, 3.05) is 14.1 Å². The van der Waals surface area contributed by atoms with Crippen LogP contribution in [0.1, 0.15) is 27.7 Å². The molecule has 3 nitrogen and oxygen atoms in total. The van der Waals surface area contributed by atoms with Crippen LogP contribution in [0.25, 0.3) is 0 Å². The van der Waals surface area contributed by atoms with Crippen LogP contribution in [0.2, 0.25) is 0 Å². The van der Waals surface area contributed by atoms with Crippen LogP contribution in [0, 0.1) is 0 Å². The van der Waals surface area contributed by atoms with E-state index in [0.717, 1.165) is 17.0 Å². The van der Waals surface area contributed by atoms with Gasteiger partial charge in [-0.15, -0.1) is 0 Å². The Morgan fingerprint density at radius 2 is 1.71 bits per heavy atom. The molecule has 0 aromatic carbocycles. The van der Waals surface area contributed by atoms with Gasteiger partial charge in [-0.05, 0) is 33.8 Å². The highest BCUT2D eigenvalue weighted by Gasteiger charge is 2.08. The number of rotatable bonds is 3. The third-order valence-electron chi connectivity index (χ3n) is 2.09. The minimum absolute atomic E-state index is 0.0354.